The highest BCUT2D eigenvalue weighted by molar-refractivity contribution is 5.44. The summed E-state index contributed by atoms with van der Waals surface area (Å²) in [7, 11) is 0. The average molecular weight is 471 g/mol. The quantitative estimate of drug-likeness (QED) is 0.285. The van der Waals surface area contributed by atoms with Crippen LogP contribution in [0.1, 0.15) is 11.1 Å². The molecule has 36 heavy (non-hydrogen) atoms. The Morgan fingerprint density at radius 2 is 0.806 bits per heavy atom. The summed E-state index contributed by atoms with van der Waals surface area (Å²) in [5.74, 6) is 1.69. The first-order chi connectivity index (χ1) is 17.7. The topological polar surface area (TPSA) is 58.9 Å². The minimum Gasteiger partial charge on any atom is -0.507 e. The van der Waals surface area contributed by atoms with Gasteiger partial charge in [-0.25, -0.2) is 0 Å². The average Bonchev–Trinajstić information content (AvgIpc) is 2.90. The van der Waals surface area contributed by atoms with Crippen molar-refractivity contribution >= 4 is 0 Å². The summed E-state index contributed by atoms with van der Waals surface area (Å²) in [5.41, 5.74) is 2.16. The molecule has 174 valence electrons. The highest BCUT2D eigenvalue weighted by Crippen LogP contribution is 2.30. The van der Waals surface area contributed by atoms with Crippen molar-refractivity contribution in [2.24, 2.45) is 0 Å². The number of ether oxygens (including phenoxy) is 2. The Balaban J connectivity index is 1.87. The summed E-state index contributed by atoms with van der Waals surface area (Å²) in [5, 5.41) is 28.6. The second-order valence-corrected chi connectivity index (χ2v) is 9.10. The Morgan fingerprint density at radius 3 is 1.25 bits per heavy atom. The first-order valence-electron chi connectivity index (χ1n) is 11.9. The van der Waals surface area contributed by atoms with Crippen molar-refractivity contribution in [2.75, 3.05) is 0 Å². The van der Waals surface area contributed by atoms with Gasteiger partial charge in [0.15, 0.2) is 0 Å². The minimum atomic E-state index is 0.110. The number of rotatable bonds is 0. The number of hydrogen-bond donors (Lipinski definition) is 2. The minimum absolute atomic E-state index is 0.110. The van der Waals surface area contributed by atoms with Crippen LogP contribution in [0.4, 0.5) is 0 Å². The molecule has 0 radical (unpaired) electrons. The molecule has 0 aromatic heterocycles. The Morgan fingerprint density at radius 1 is 0.417 bits per heavy atom. The summed E-state index contributed by atoms with van der Waals surface area (Å²) in [6, 6.07) is 31.1. The van der Waals surface area contributed by atoms with Gasteiger partial charge in [-0.1, -0.05) is 72.8 Å². The van der Waals surface area contributed by atoms with Gasteiger partial charge in [-0.05, 0) is 56.3 Å². The molecule has 5 aromatic carbocycles. The molecular formula is C32H22O4. The maximum atomic E-state index is 11.1. The summed E-state index contributed by atoms with van der Waals surface area (Å²) in [6.07, 6.45) is 0. The normalized spacial score (nSPS) is 16.9. The van der Waals surface area contributed by atoms with Crippen LogP contribution in [-0.4, -0.2) is 10.2 Å². The number of aromatic hydroxyl groups is 2. The lowest BCUT2D eigenvalue weighted by atomic mass is 10.00. The van der Waals surface area contributed by atoms with Gasteiger partial charge in [0.05, 0.1) is 0 Å². The van der Waals surface area contributed by atoms with Crippen LogP contribution in [-0.2, 0) is 13.2 Å². The van der Waals surface area contributed by atoms with E-state index in [-0.39, 0.29) is 11.5 Å². The molecule has 4 nitrogen and oxygen atoms in total. The monoisotopic (exact) mass is 470 g/mol. The van der Waals surface area contributed by atoms with Crippen LogP contribution in [0.3, 0.4) is 0 Å². The fraction of sp³-hybridized carbons (Fsp3) is 0.0625. The van der Waals surface area contributed by atoms with Crippen LogP contribution >= 0.6 is 0 Å². The van der Waals surface area contributed by atoms with Gasteiger partial charge in [-0.2, -0.15) is 0 Å². The van der Waals surface area contributed by atoms with Gasteiger partial charge in [-0.15, -0.1) is 0 Å². The van der Waals surface area contributed by atoms with Crippen LogP contribution in [0.25, 0.3) is 0 Å². The molecule has 0 atom stereocenters. The summed E-state index contributed by atoms with van der Waals surface area (Å²) >= 11 is 0. The Hall–Kier alpha value is -4.70. The predicted molar refractivity (Wildman–Crippen MR) is 135 cm³/mol. The van der Waals surface area contributed by atoms with Gasteiger partial charge in [0.25, 0.3) is 0 Å². The van der Waals surface area contributed by atoms with Crippen molar-refractivity contribution in [3.05, 3.63) is 150 Å². The van der Waals surface area contributed by atoms with E-state index in [1.165, 1.54) is 0 Å². The molecule has 0 spiro atoms. The van der Waals surface area contributed by atoms with Crippen molar-refractivity contribution in [1.82, 2.24) is 0 Å². The Bertz CT molecular complexity index is 1930. The van der Waals surface area contributed by atoms with E-state index < -0.39 is 0 Å². The van der Waals surface area contributed by atoms with Crippen molar-refractivity contribution < 1.29 is 19.7 Å². The molecule has 0 saturated heterocycles. The third kappa shape index (κ3) is 3.01. The van der Waals surface area contributed by atoms with E-state index in [1.54, 1.807) is 12.1 Å². The standard InChI is InChI=1S/C32H22O4/c33-25-13-3-9-21-23-11-5-15-27-31(23)32-24(22-10-4-14-26(34)30(22)29(21)25)12-6-16-28(32)36-18-20-8-2-1-7-19(20)17-35-27/h1-16,33-34H,17-18H2/b23-21-,24-22-,30-29-,32-31-. The van der Waals surface area contributed by atoms with E-state index in [2.05, 4.69) is 12.1 Å². The van der Waals surface area contributed by atoms with Crippen LogP contribution < -0.4 is 9.47 Å². The van der Waals surface area contributed by atoms with E-state index in [1.807, 2.05) is 72.8 Å². The number of hydrogen-bond acceptors (Lipinski definition) is 4. The summed E-state index contributed by atoms with van der Waals surface area (Å²) in [6.45, 7) is 0.829. The molecule has 5 aromatic rings. The summed E-state index contributed by atoms with van der Waals surface area (Å²) < 4.78 is 13.0. The Kier molecular flexibility index (Phi) is 4.55. The SMILES string of the molecule is Oc1cccc2/c1=c1/c(O)ccc/c1=c1\cccc3\c1=c1/c(ccc/c1=2)OCc1ccccc1CO3. The van der Waals surface area contributed by atoms with Crippen molar-refractivity contribution in [1.29, 1.82) is 0 Å². The van der Waals surface area contributed by atoms with Gasteiger partial charge < -0.3 is 19.7 Å². The van der Waals surface area contributed by atoms with Crippen molar-refractivity contribution in [3.63, 3.8) is 0 Å². The van der Waals surface area contributed by atoms with E-state index >= 15 is 0 Å². The molecule has 7 rings (SSSR count). The summed E-state index contributed by atoms with van der Waals surface area (Å²) in [4.78, 5) is 0. The van der Waals surface area contributed by atoms with Crippen LogP contribution in [0.2, 0.25) is 0 Å². The zero-order valence-corrected chi connectivity index (χ0v) is 19.4. The van der Waals surface area contributed by atoms with Crippen LogP contribution in [0, 0.1) is 41.7 Å². The highest BCUT2D eigenvalue weighted by atomic mass is 16.5. The first-order valence-corrected chi connectivity index (χ1v) is 11.9. The molecule has 4 heteroatoms. The largest absolute Gasteiger partial charge is 0.507 e. The molecule has 2 N–H and O–H groups in total. The molecule has 2 aliphatic rings. The second kappa shape index (κ2) is 7.92. The highest BCUT2D eigenvalue weighted by Gasteiger charge is 2.14. The van der Waals surface area contributed by atoms with Crippen LogP contribution in [0.5, 0.6) is 23.0 Å². The molecule has 0 bridgehead atoms. The van der Waals surface area contributed by atoms with Gasteiger partial charge in [-0.3, -0.25) is 0 Å². The number of phenolic OH excluding ortho intramolecular Hbond substituents is 2. The van der Waals surface area contributed by atoms with E-state index in [9.17, 15) is 10.2 Å². The van der Waals surface area contributed by atoms with Gasteiger partial charge in [0.2, 0.25) is 0 Å². The third-order valence-electron chi connectivity index (χ3n) is 7.10. The molecule has 1 aliphatic heterocycles. The lowest BCUT2D eigenvalue weighted by molar-refractivity contribution is 0.278. The molecule has 1 aliphatic carbocycles. The molecule has 1 heterocycles. The maximum absolute atomic E-state index is 11.1. The second-order valence-electron chi connectivity index (χ2n) is 9.10. The van der Waals surface area contributed by atoms with E-state index in [0.29, 0.717) is 23.7 Å². The Labute approximate surface area is 205 Å². The molecule has 0 amide bonds. The fourth-order valence-corrected chi connectivity index (χ4v) is 5.47. The molecular weight excluding hydrogens is 448 g/mol. The molecule has 0 fully saturated rings. The smallest absolute Gasteiger partial charge is 0.128 e. The maximum Gasteiger partial charge on any atom is 0.128 e. The zero-order chi connectivity index (χ0) is 24.2. The first kappa shape index (κ1) is 20.7. The van der Waals surface area contributed by atoms with E-state index in [0.717, 1.165) is 53.9 Å². The molecule has 0 unspecified atom stereocenters. The zero-order valence-electron chi connectivity index (χ0n) is 19.4. The number of fused-ring (bicyclic) bond motifs is 3. The molecule has 0 saturated carbocycles. The number of phenols is 2. The van der Waals surface area contributed by atoms with Crippen molar-refractivity contribution in [2.45, 2.75) is 13.2 Å². The lowest BCUT2D eigenvalue weighted by Gasteiger charge is -2.17. The van der Waals surface area contributed by atoms with Crippen LogP contribution in [0.15, 0.2) is 97.1 Å². The predicted octanol–water partition coefficient (Wildman–Crippen LogP) is 6.03. The van der Waals surface area contributed by atoms with Crippen molar-refractivity contribution in [3.8, 4) is 23.0 Å². The van der Waals surface area contributed by atoms with Gasteiger partial charge in [0.1, 0.15) is 36.2 Å². The third-order valence-corrected chi connectivity index (χ3v) is 7.10. The fourth-order valence-electron chi connectivity index (χ4n) is 5.47. The van der Waals surface area contributed by atoms with E-state index in [4.69, 9.17) is 9.47 Å². The van der Waals surface area contributed by atoms with Gasteiger partial charge in [0, 0.05) is 20.9 Å². The number of benzene rings is 5. The lowest BCUT2D eigenvalue weighted by Crippen LogP contribution is -2.07. The van der Waals surface area contributed by atoms with Gasteiger partial charge >= 0.3 is 0 Å².